The van der Waals surface area contributed by atoms with E-state index in [0.29, 0.717) is 24.0 Å². The van der Waals surface area contributed by atoms with Gasteiger partial charge in [-0.3, -0.25) is 9.52 Å². The Hall–Kier alpha value is -2.86. The van der Waals surface area contributed by atoms with E-state index in [0.717, 1.165) is 16.6 Å². The van der Waals surface area contributed by atoms with Gasteiger partial charge in [0, 0.05) is 28.7 Å². The van der Waals surface area contributed by atoms with E-state index in [4.69, 9.17) is 0 Å². The molecule has 1 N–H and O–H groups in total. The number of nitrogens with one attached hydrogen (secondary N) is 1. The van der Waals surface area contributed by atoms with E-state index >= 15 is 0 Å². The van der Waals surface area contributed by atoms with Gasteiger partial charge >= 0.3 is 0 Å². The molecule has 0 unspecified atom stereocenters. The largest absolute Gasteiger partial charge is 0.311 e. The molecule has 0 spiro atoms. The predicted molar refractivity (Wildman–Crippen MR) is 117 cm³/mol. The molecule has 3 aromatic rings. The summed E-state index contributed by atoms with van der Waals surface area (Å²) in [6.07, 6.45) is 0.709. The number of hydrogen-bond donors (Lipinski definition) is 1. The second-order valence-corrected chi connectivity index (χ2v) is 10.0. The molecule has 4 rings (SSSR count). The summed E-state index contributed by atoms with van der Waals surface area (Å²) in [5.74, 6) is 0.0698. The Morgan fingerprint density at radius 1 is 1.00 bits per heavy atom. The molecule has 150 valence electrons. The van der Waals surface area contributed by atoms with Crippen molar-refractivity contribution >= 4 is 38.1 Å². The molecule has 1 amide bonds. The van der Waals surface area contributed by atoms with Gasteiger partial charge in [0.2, 0.25) is 5.91 Å². The molecule has 1 aliphatic heterocycles. The van der Waals surface area contributed by atoms with E-state index in [-0.39, 0.29) is 10.8 Å². The van der Waals surface area contributed by atoms with Gasteiger partial charge in [0.25, 0.3) is 10.0 Å². The number of benzene rings is 3. The average Bonchev–Trinajstić information content (AvgIpc) is 3.08. The molecule has 0 bridgehead atoms. The third-order valence-electron chi connectivity index (χ3n) is 5.15. The Kier molecular flexibility index (Phi) is 4.62. The highest BCUT2D eigenvalue weighted by atomic mass is 32.2. The topological polar surface area (TPSA) is 66.5 Å². The number of nitrogens with zero attached hydrogens (tertiary/aromatic N) is 1. The van der Waals surface area contributed by atoms with Crippen LogP contribution in [-0.4, -0.2) is 20.9 Å². The SMILES string of the molecule is CC(C)(C)C(=O)N1CCc2cc(NS(=O)(=O)c3cccc4ccccc34)ccc21. The number of hydrogen-bond acceptors (Lipinski definition) is 3. The van der Waals surface area contributed by atoms with Gasteiger partial charge in [-0.15, -0.1) is 0 Å². The zero-order chi connectivity index (χ0) is 20.8. The highest BCUT2D eigenvalue weighted by Crippen LogP contribution is 2.34. The average molecular weight is 409 g/mol. The zero-order valence-electron chi connectivity index (χ0n) is 16.8. The monoisotopic (exact) mass is 408 g/mol. The summed E-state index contributed by atoms with van der Waals surface area (Å²) in [4.78, 5) is 14.7. The maximum Gasteiger partial charge on any atom is 0.262 e. The number of rotatable bonds is 3. The maximum atomic E-state index is 13.0. The quantitative estimate of drug-likeness (QED) is 0.690. The van der Waals surface area contributed by atoms with Gasteiger partial charge in [-0.2, -0.15) is 0 Å². The number of sulfonamides is 1. The van der Waals surface area contributed by atoms with Crippen molar-refractivity contribution in [2.24, 2.45) is 5.41 Å². The van der Waals surface area contributed by atoms with E-state index in [2.05, 4.69) is 4.72 Å². The van der Waals surface area contributed by atoms with Crippen LogP contribution in [0.5, 0.6) is 0 Å². The first-order chi connectivity index (χ1) is 13.7. The molecule has 0 saturated carbocycles. The molecular weight excluding hydrogens is 384 g/mol. The molecule has 0 radical (unpaired) electrons. The standard InChI is InChI=1S/C23H24N2O3S/c1-23(2,3)22(26)25-14-13-17-15-18(11-12-20(17)25)24-29(27,28)21-10-6-8-16-7-4-5-9-19(16)21/h4-12,15,24H,13-14H2,1-3H3. The summed E-state index contributed by atoms with van der Waals surface area (Å²) in [5.41, 5.74) is 1.87. The van der Waals surface area contributed by atoms with Gasteiger partial charge in [-0.1, -0.05) is 57.2 Å². The fourth-order valence-electron chi connectivity index (χ4n) is 3.72. The summed E-state index contributed by atoms with van der Waals surface area (Å²) in [6.45, 7) is 6.32. The first kappa shape index (κ1) is 19.5. The lowest BCUT2D eigenvalue weighted by Gasteiger charge is -2.26. The second-order valence-electron chi connectivity index (χ2n) is 8.38. The molecular formula is C23H24N2O3S. The predicted octanol–water partition coefficient (Wildman–Crippen LogP) is 4.58. The minimum atomic E-state index is -3.74. The molecule has 1 heterocycles. The van der Waals surface area contributed by atoms with Crippen LogP contribution in [0.15, 0.2) is 65.6 Å². The maximum absolute atomic E-state index is 13.0. The molecule has 0 aliphatic carbocycles. The van der Waals surface area contributed by atoms with Gasteiger partial charge in [0.15, 0.2) is 0 Å². The van der Waals surface area contributed by atoms with Crippen LogP contribution in [0.3, 0.4) is 0 Å². The van der Waals surface area contributed by atoms with Crippen LogP contribution >= 0.6 is 0 Å². The number of carbonyl (C=O) groups excluding carboxylic acids is 1. The van der Waals surface area contributed by atoms with Gasteiger partial charge in [-0.25, -0.2) is 8.42 Å². The molecule has 3 aromatic carbocycles. The van der Waals surface area contributed by atoms with E-state index < -0.39 is 15.4 Å². The lowest BCUT2D eigenvalue weighted by molar-refractivity contribution is -0.125. The Morgan fingerprint density at radius 2 is 1.72 bits per heavy atom. The van der Waals surface area contributed by atoms with Crippen LogP contribution in [0.25, 0.3) is 10.8 Å². The van der Waals surface area contributed by atoms with Gasteiger partial charge in [-0.05, 0) is 41.6 Å². The Balaban J connectivity index is 1.65. The first-order valence-electron chi connectivity index (χ1n) is 9.62. The van der Waals surface area contributed by atoms with Crippen molar-refractivity contribution in [3.8, 4) is 0 Å². The molecule has 1 aliphatic rings. The second kappa shape index (κ2) is 6.88. The molecule has 29 heavy (non-hydrogen) atoms. The van der Waals surface area contributed by atoms with Crippen LogP contribution in [0.4, 0.5) is 11.4 Å². The fourth-order valence-corrected chi connectivity index (χ4v) is 5.00. The van der Waals surface area contributed by atoms with Crippen molar-refractivity contribution in [3.63, 3.8) is 0 Å². The molecule has 0 atom stereocenters. The highest BCUT2D eigenvalue weighted by molar-refractivity contribution is 7.93. The van der Waals surface area contributed by atoms with E-state index in [1.807, 2.05) is 63.2 Å². The third kappa shape index (κ3) is 3.60. The molecule has 0 aromatic heterocycles. The van der Waals surface area contributed by atoms with Gasteiger partial charge in [0.05, 0.1) is 4.90 Å². The molecule has 0 fully saturated rings. The normalized spacial score (nSPS) is 14.1. The third-order valence-corrected chi connectivity index (χ3v) is 6.59. The van der Waals surface area contributed by atoms with E-state index in [1.54, 1.807) is 23.1 Å². The van der Waals surface area contributed by atoms with Crippen molar-refractivity contribution in [2.45, 2.75) is 32.1 Å². The molecule has 0 saturated heterocycles. The van der Waals surface area contributed by atoms with Crippen LogP contribution in [0.1, 0.15) is 26.3 Å². The number of amides is 1. The summed E-state index contributed by atoms with van der Waals surface area (Å²) in [6, 6.07) is 18.0. The first-order valence-corrected chi connectivity index (χ1v) is 11.1. The smallest absolute Gasteiger partial charge is 0.262 e. The number of fused-ring (bicyclic) bond motifs is 2. The Bertz CT molecular complexity index is 1210. The summed E-state index contributed by atoms with van der Waals surface area (Å²) in [5, 5.41) is 1.56. The summed E-state index contributed by atoms with van der Waals surface area (Å²) >= 11 is 0. The van der Waals surface area contributed by atoms with Crippen molar-refractivity contribution in [1.29, 1.82) is 0 Å². The minimum absolute atomic E-state index is 0.0698. The van der Waals surface area contributed by atoms with Crippen molar-refractivity contribution < 1.29 is 13.2 Å². The lowest BCUT2D eigenvalue weighted by Crippen LogP contribution is -2.38. The Labute approximate surface area is 171 Å². The zero-order valence-corrected chi connectivity index (χ0v) is 17.6. The van der Waals surface area contributed by atoms with Crippen LogP contribution in [-0.2, 0) is 21.2 Å². The Morgan fingerprint density at radius 3 is 2.48 bits per heavy atom. The van der Waals surface area contributed by atoms with E-state index in [9.17, 15) is 13.2 Å². The van der Waals surface area contributed by atoms with Crippen LogP contribution in [0, 0.1) is 5.41 Å². The van der Waals surface area contributed by atoms with Crippen molar-refractivity contribution in [1.82, 2.24) is 0 Å². The van der Waals surface area contributed by atoms with Gasteiger partial charge in [0.1, 0.15) is 0 Å². The minimum Gasteiger partial charge on any atom is -0.311 e. The van der Waals surface area contributed by atoms with Crippen LogP contribution in [0.2, 0.25) is 0 Å². The van der Waals surface area contributed by atoms with Gasteiger partial charge < -0.3 is 4.90 Å². The van der Waals surface area contributed by atoms with E-state index in [1.165, 1.54) is 0 Å². The summed E-state index contributed by atoms with van der Waals surface area (Å²) in [7, 11) is -3.74. The molecule has 6 heteroatoms. The lowest BCUT2D eigenvalue weighted by atomic mass is 9.94. The molecule has 5 nitrogen and oxygen atoms in total. The number of carbonyl (C=O) groups is 1. The van der Waals surface area contributed by atoms with Crippen LogP contribution < -0.4 is 9.62 Å². The highest BCUT2D eigenvalue weighted by Gasteiger charge is 2.32. The van der Waals surface area contributed by atoms with Crippen molar-refractivity contribution in [3.05, 3.63) is 66.2 Å². The fraction of sp³-hybridized carbons (Fsp3) is 0.261. The number of anilines is 2. The summed E-state index contributed by atoms with van der Waals surface area (Å²) < 4.78 is 28.8. The van der Waals surface area contributed by atoms with Crippen molar-refractivity contribution in [2.75, 3.05) is 16.2 Å².